The minimum Gasteiger partial charge on any atom is -0.491 e. The lowest BCUT2D eigenvalue weighted by molar-refractivity contribution is -0.116. The van der Waals surface area contributed by atoms with Crippen LogP contribution in [0.4, 0.5) is 5.95 Å². The van der Waals surface area contributed by atoms with Crippen molar-refractivity contribution in [3.63, 3.8) is 0 Å². The Kier molecular flexibility index (Phi) is 5.65. The molecule has 0 aliphatic carbocycles. The molecule has 0 bridgehead atoms. The lowest BCUT2D eigenvalue weighted by Gasteiger charge is -2.11. The highest BCUT2D eigenvalue weighted by Crippen LogP contribution is 2.08. The zero-order valence-electron chi connectivity index (χ0n) is 15.2. The number of carbonyl (C=O) groups is 1. The molecule has 0 spiro atoms. The Morgan fingerprint density at radius 3 is 2.78 bits per heavy atom. The summed E-state index contributed by atoms with van der Waals surface area (Å²) in [5, 5.41) is 9.52. The van der Waals surface area contributed by atoms with Crippen LogP contribution in [0, 0.1) is 6.92 Å². The monoisotopic (exact) mass is 367 g/mol. The number of aromatic amines is 1. The lowest BCUT2D eigenvalue weighted by atomic mass is 10.1. The number of aromatic nitrogens is 4. The molecule has 2 heterocycles. The van der Waals surface area contributed by atoms with Crippen molar-refractivity contribution in [2.75, 3.05) is 12.4 Å². The van der Waals surface area contributed by atoms with Crippen LogP contribution >= 0.6 is 0 Å². The topological polar surface area (TPSA) is 102 Å². The number of H-pyrrole nitrogens is 1. The summed E-state index contributed by atoms with van der Waals surface area (Å²) in [6, 6.07) is 11.5. The Labute approximate surface area is 156 Å². The number of nitrogens with one attached hydrogen (secondary N) is 2. The van der Waals surface area contributed by atoms with E-state index >= 15 is 0 Å². The van der Waals surface area contributed by atoms with Crippen molar-refractivity contribution in [3.05, 3.63) is 69.9 Å². The average Bonchev–Trinajstić information content (AvgIpc) is 3.10. The first-order chi connectivity index (χ1) is 13.0. The Morgan fingerprint density at radius 1 is 1.26 bits per heavy atom. The van der Waals surface area contributed by atoms with Crippen LogP contribution in [0.15, 0.2) is 47.4 Å². The van der Waals surface area contributed by atoms with Crippen molar-refractivity contribution in [1.82, 2.24) is 19.7 Å². The molecule has 0 saturated heterocycles. The van der Waals surface area contributed by atoms with Gasteiger partial charge in [0.2, 0.25) is 17.3 Å². The summed E-state index contributed by atoms with van der Waals surface area (Å²) >= 11 is 0. The first-order valence-corrected chi connectivity index (χ1v) is 8.55. The number of methoxy groups -OCH3 is 1. The Bertz CT molecular complexity index is 979. The van der Waals surface area contributed by atoms with Gasteiger partial charge in [-0.15, -0.1) is 5.10 Å². The molecule has 2 N–H and O–H groups in total. The van der Waals surface area contributed by atoms with Crippen molar-refractivity contribution in [2.45, 2.75) is 26.3 Å². The number of benzene rings is 1. The molecular weight excluding hydrogens is 346 g/mol. The van der Waals surface area contributed by atoms with Crippen LogP contribution in [0.2, 0.25) is 0 Å². The molecule has 1 aromatic carbocycles. The number of carbonyl (C=O) groups excluding carboxylic acids is 1. The summed E-state index contributed by atoms with van der Waals surface area (Å²) in [5.74, 6) is 0.830. The van der Waals surface area contributed by atoms with Crippen LogP contribution in [0.1, 0.15) is 17.1 Å². The maximum atomic E-state index is 12.3. The van der Waals surface area contributed by atoms with Gasteiger partial charge in [-0.3, -0.25) is 20.0 Å². The van der Waals surface area contributed by atoms with E-state index in [2.05, 4.69) is 32.6 Å². The number of nitrogens with zero attached hydrogens (tertiary/aromatic N) is 3. The highest BCUT2D eigenvalue weighted by atomic mass is 16.5. The van der Waals surface area contributed by atoms with Crippen molar-refractivity contribution < 1.29 is 9.53 Å². The Morgan fingerprint density at radius 2 is 2.04 bits per heavy atom. The molecule has 0 saturated carbocycles. The molecule has 3 rings (SSSR count). The van der Waals surface area contributed by atoms with Crippen molar-refractivity contribution in [1.29, 1.82) is 0 Å². The third kappa shape index (κ3) is 4.81. The Hall–Kier alpha value is -3.42. The van der Waals surface area contributed by atoms with Gasteiger partial charge in [0, 0.05) is 18.2 Å². The van der Waals surface area contributed by atoms with E-state index in [0.717, 1.165) is 6.42 Å². The van der Waals surface area contributed by atoms with Crippen LogP contribution in [0.25, 0.3) is 0 Å². The van der Waals surface area contributed by atoms with Crippen molar-refractivity contribution >= 4 is 11.9 Å². The van der Waals surface area contributed by atoms with Gasteiger partial charge >= 0.3 is 0 Å². The highest BCUT2D eigenvalue weighted by Gasteiger charge is 2.11. The first-order valence-electron chi connectivity index (χ1n) is 8.55. The predicted octanol–water partition coefficient (Wildman–Crippen LogP) is 1.71. The van der Waals surface area contributed by atoms with Gasteiger partial charge in [-0.2, -0.15) is 4.98 Å². The maximum absolute atomic E-state index is 12.3. The van der Waals surface area contributed by atoms with Gasteiger partial charge in [-0.25, -0.2) is 0 Å². The summed E-state index contributed by atoms with van der Waals surface area (Å²) < 4.78 is 6.65. The smallest absolute Gasteiger partial charge is 0.248 e. The molecule has 0 fully saturated rings. The molecule has 0 unspecified atom stereocenters. The molecule has 27 heavy (non-hydrogen) atoms. The van der Waals surface area contributed by atoms with E-state index < -0.39 is 0 Å². The summed E-state index contributed by atoms with van der Waals surface area (Å²) in [7, 11) is 1.42. The van der Waals surface area contributed by atoms with Crippen molar-refractivity contribution in [2.24, 2.45) is 0 Å². The SMILES string of the molecule is COc1cn(CC(=O)Nc2n[nH]c(CCc3ccccc3)n2)c(C)cc1=O. The van der Waals surface area contributed by atoms with Crippen molar-refractivity contribution in [3.8, 4) is 5.75 Å². The average molecular weight is 367 g/mol. The van der Waals surface area contributed by atoms with E-state index in [0.29, 0.717) is 17.9 Å². The quantitative estimate of drug-likeness (QED) is 0.662. The van der Waals surface area contributed by atoms with Crippen LogP contribution in [0.3, 0.4) is 0 Å². The third-order valence-electron chi connectivity index (χ3n) is 4.12. The zero-order valence-corrected chi connectivity index (χ0v) is 15.2. The fourth-order valence-corrected chi connectivity index (χ4v) is 2.66. The Balaban J connectivity index is 1.59. The fraction of sp³-hybridized carbons (Fsp3) is 0.263. The number of anilines is 1. The molecule has 0 atom stereocenters. The van der Waals surface area contributed by atoms with E-state index in [9.17, 15) is 9.59 Å². The van der Waals surface area contributed by atoms with Gasteiger partial charge in [-0.1, -0.05) is 30.3 Å². The number of hydrogen-bond donors (Lipinski definition) is 2. The molecule has 0 radical (unpaired) electrons. The maximum Gasteiger partial charge on any atom is 0.248 e. The van der Waals surface area contributed by atoms with Crippen LogP contribution in [-0.2, 0) is 24.2 Å². The number of amides is 1. The van der Waals surface area contributed by atoms with E-state index in [-0.39, 0.29) is 29.6 Å². The predicted molar refractivity (Wildman–Crippen MR) is 101 cm³/mol. The lowest BCUT2D eigenvalue weighted by Crippen LogP contribution is -2.22. The van der Waals surface area contributed by atoms with Gasteiger partial charge in [0.1, 0.15) is 12.4 Å². The molecule has 1 amide bonds. The molecule has 0 aliphatic rings. The summed E-state index contributed by atoms with van der Waals surface area (Å²) in [5.41, 5.74) is 1.65. The van der Waals surface area contributed by atoms with E-state index in [4.69, 9.17) is 4.74 Å². The molecular formula is C19H21N5O3. The number of rotatable bonds is 7. The molecule has 140 valence electrons. The van der Waals surface area contributed by atoms with E-state index in [1.807, 2.05) is 18.2 Å². The van der Waals surface area contributed by atoms with Gasteiger partial charge in [0.15, 0.2) is 5.75 Å². The number of ether oxygens (including phenoxy) is 1. The van der Waals surface area contributed by atoms with Gasteiger partial charge in [0.05, 0.1) is 13.3 Å². The number of aryl methyl sites for hydroxylation is 3. The van der Waals surface area contributed by atoms with E-state index in [1.54, 1.807) is 11.5 Å². The molecule has 0 aliphatic heterocycles. The number of pyridine rings is 1. The molecule has 8 nitrogen and oxygen atoms in total. The second-order valence-corrected chi connectivity index (χ2v) is 6.11. The van der Waals surface area contributed by atoms with Crippen LogP contribution in [-0.4, -0.2) is 32.8 Å². The summed E-state index contributed by atoms with van der Waals surface area (Å²) in [4.78, 5) is 28.3. The largest absolute Gasteiger partial charge is 0.491 e. The molecule has 3 aromatic rings. The van der Waals surface area contributed by atoms with Gasteiger partial charge in [0.25, 0.3) is 0 Å². The summed E-state index contributed by atoms with van der Waals surface area (Å²) in [6.45, 7) is 1.78. The second-order valence-electron chi connectivity index (χ2n) is 6.11. The normalized spacial score (nSPS) is 10.6. The van der Waals surface area contributed by atoms with Gasteiger partial charge < -0.3 is 9.30 Å². The van der Waals surface area contributed by atoms with Crippen LogP contribution in [0.5, 0.6) is 5.75 Å². The minimum absolute atomic E-state index is 0.0242. The van der Waals surface area contributed by atoms with E-state index in [1.165, 1.54) is 24.9 Å². The zero-order chi connectivity index (χ0) is 19.2. The first kappa shape index (κ1) is 18.4. The van der Waals surface area contributed by atoms with Crippen LogP contribution < -0.4 is 15.5 Å². The standard InChI is InChI=1S/C19H21N5O3/c1-13-10-15(25)16(27-2)11-24(13)12-18(26)21-19-20-17(22-23-19)9-8-14-6-4-3-5-7-14/h3-7,10-11H,8-9,12H2,1-2H3,(H2,20,21,22,23,26). The highest BCUT2D eigenvalue weighted by molar-refractivity contribution is 5.88. The molecule has 2 aromatic heterocycles. The number of hydrogen-bond acceptors (Lipinski definition) is 5. The molecule has 8 heteroatoms. The second kappa shape index (κ2) is 8.31. The fourth-order valence-electron chi connectivity index (χ4n) is 2.66. The summed E-state index contributed by atoms with van der Waals surface area (Å²) in [6.07, 6.45) is 3.04. The van der Waals surface area contributed by atoms with Gasteiger partial charge in [-0.05, 0) is 18.9 Å². The third-order valence-corrected chi connectivity index (χ3v) is 4.12. The minimum atomic E-state index is -0.294.